The van der Waals surface area contributed by atoms with Crippen molar-refractivity contribution in [3.63, 3.8) is 0 Å². The fourth-order valence-corrected chi connectivity index (χ4v) is 2.57. The van der Waals surface area contributed by atoms with Crippen molar-refractivity contribution in [1.82, 2.24) is 5.32 Å². The maximum atomic E-state index is 13.3. The molecule has 0 aliphatic carbocycles. The lowest BCUT2D eigenvalue weighted by molar-refractivity contribution is 0.00511. The molecule has 0 amide bonds. The molecule has 1 saturated heterocycles. The third-order valence-corrected chi connectivity index (χ3v) is 3.57. The maximum absolute atomic E-state index is 13.3. The number of rotatable bonds is 5. The SMILES string of the molecule is CCNC(CC1CCCCO1)c1ccc(F)c(F)c1. The van der Waals surface area contributed by atoms with E-state index in [1.54, 1.807) is 6.07 Å². The van der Waals surface area contributed by atoms with E-state index in [0.29, 0.717) is 0 Å². The average Bonchev–Trinajstić information content (AvgIpc) is 2.43. The molecule has 0 spiro atoms. The largest absolute Gasteiger partial charge is 0.378 e. The molecule has 4 heteroatoms. The molecule has 0 bridgehead atoms. The molecule has 1 N–H and O–H groups in total. The van der Waals surface area contributed by atoms with Gasteiger partial charge in [-0.3, -0.25) is 0 Å². The molecule has 19 heavy (non-hydrogen) atoms. The fourth-order valence-electron chi connectivity index (χ4n) is 2.57. The average molecular weight is 269 g/mol. The minimum absolute atomic E-state index is 0.0169. The summed E-state index contributed by atoms with van der Waals surface area (Å²) in [4.78, 5) is 0. The van der Waals surface area contributed by atoms with Crippen molar-refractivity contribution in [2.24, 2.45) is 0 Å². The highest BCUT2D eigenvalue weighted by molar-refractivity contribution is 5.21. The highest BCUT2D eigenvalue weighted by Crippen LogP contribution is 2.25. The second-order valence-electron chi connectivity index (χ2n) is 5.01. The van der Waals surface area contributed by atoms with Crippen LogP contribution in [-0.2, 0) is 4.74 Å². The normalized spacial score (nSPS) is 21.3. The molecule has 2 unspecified atom stereocenters. The molecule has 0 aromatic heterocycles. The number of hydrogen-bond donors (Lipinski definition) is 1. The molecule has 1 aromatic rings. The molecule has 1 aromatic carbocycles. The van der Waals surface area contributed by atoms with Gasteiger partial charge in [-0.25, -0.2) is 8.78 Å². The Balaban J connectivity index is 2.07. The van der Waals surface area contributed by atoms with E-state index in [0.717, 1.165) is 38.0 Å². The number of ether oxygens (including phenoxy) is 1. The minimum Gasteiger partial charge on any atom is -0.378 e. The quantitative estimate of drug-likeness (QED) is 0.882. The zero-order chi connectivity index (χ0) is 13.7. The van der Waals surface area contributed by atoms with Gasteiger partial charge in [0.15, 0.2) is 11.6 Å². The molecular weight excluding hydrogens is 248 g/mol. The summed E-state index contributed by atoms with van der Waals surface area (Å²) in [6, 6.07) is 4.14. The summed E-state index contributed by atoms with van der Waals surface area (Å²) in [7, 11) is 0. The zero-order valence-electron chi connectivity index (χ0n) is 11.3. The van der Waals surface area contributed by atoms with E-state index in [4.69, 9.17) is 4.74 Å². The van der Waals surface area contributed by atoms with Gasteiger partial charge in [-0.15, -0.1) is 0 Å². The molecular formula is C15H21F2NO. The first-order chi connectivity index (χ1) is 9.20. The molecule has 2 atom stereocenters. The Bertz CT molecular complexity index is 405. The van der Waals surface area contributed by atoms with Crippen LogP contribution in [0.3, 0.4) is 0 Å². The van der Waals surface area contributed by atoms with E-state index < -0.39 is 11.6 Å². The van der Waals surface area contributed by atoms with E-state index in [-0.39, 0.29) is 12.1 Å². The molecule has 2 nitrogen and oxygen atoms in total. The first-order valence-electron chi connectivity index (χ1n) is 7.00. The van der Waals surface area contributed by atoms with Crippen LogP contribution in [0.5, 0.6) is 0 Å². The topological polar surface area (TPSA) is 21.3 Å². The van der Waals surface area contributed by atoms with Gasteiger partial charge in [-0.05, 0) is 49.9 Å². The minimum atomic E-state index is -0.798. The van der Waals surface area contributed by atoms with Gasteiger partial charge >= 0.3 is 0 Å². The van der Waals surface area contributed by atoms with Crippen molar-refractivity contribution in [2.75, 3.05) is 13.2 Å². The van der Waals surface area contributed by atoms with E-state index in [2.05, 4.69) is 5.32 Å². The van der Waals surface area contributed by atoms with Crippen LogP contribution < -0.4 is 5.32 Å². The Kier molecular flexibility index (Phi) is 5.28. The third-order valence-electron chi connectivity index (χ3n) is 3.57. The summed E-state index contributed by atoms with van der Waals surface area (Å²) in [5.74, 6) is -1.59. The Morgan fingerprint density at radius 3 is 2.79 bits per heavy atom. The van der Waals surface area contributed by atoms with Crippen LogP contribution in [0.1, 0.15) is 44.2 Å². The van der Waals surface area contributed by atoms with Crippen LogP contribution in [0.2, 0.25) is 0 Å². The molecule has 2 rings (SSSR count). The van der Waals surface area contributed by atoms with E-state index in [9.17, 15) is 8.78 Å². The van der Waals surface area contributed by atoms with Gasteiger partial charge in [-0.2, -0.15) is 0 Å². The Morgan fingerprint density at radius 1 is 1.32 bits per heavy atom. The summed E-state index contributed by atoms with van der Waals surface area (Å²) in [6.45, 7) is 3.60. The van der Waals surface area contributed by atoms with Crippen LogP contribution in [0.25, 0.3) is 0 Å². The fraction of sp³-hybridized carbons (Fsp3) is 0.600. The van der Waals surface area contributed by atoms with Crippen LogP contribution >= 0.6 is 0 Å². The predicted molar refractivity (Wildman–Crippen MR) is 71.0 cm³/mol. The van der Waals surface area contributed by atoms with Gasteiger partial charge in [0, 0.05) is 12.6 Å². The van der Waals surface area contributed by atoms with Crippen LogP contribution in [0.15, 0.2) is 18.2 Å². The maximum Gasteiger partial charge on any atom is 0.159 e. The van der Waals surface area contributed by atoms with Crippen LogP contribution in [-0.4, -0.2) is 19.3 Å². The summed E-state index contributed by atoms with van der Waals surface area (Å²) < 4.78 is 32.0. The van der Waals surface area contributed by atoms with Crippen molar-refractivity contribution in [3.05, 3.63) is 35.4 Å². The molecule has 1 fully saturated rings. The zero-order valence-corrected chi connectivity index (χ0v) is 11.3. The van der Waals surface area contributed by atoms with Crippen molar-refractivity contribution >= 4 is 0 Å². The van der Waals surface area contributed by atoms with Crippen molar-refractivity contribution < 1.29 is 13.5 Å². The van der Waals surface area contributed by atoms with Gasteiger partial charge in [0.2, 0.25) is 0 Å². The van der Waals surface area contributed by atoms with E-state index in [1.165, 1.54) is 18.6 Å². The summed E-state index contributed by atoms with van der Waals surface area (Å²) in [5.41, 5.74) is 0.787. The van der Waals surface area contributed by atoms with Gasteiger partial charge in [0.1, 0.15) is 0 Å². The second kappa shape index (κ2) is 6.96. The Hall–Kier alpha value is -1.00. The second-order valence-corrected chi connectivity index (χ2v) is 5.01. The lowest BCUT2D eigenvalue weighted by atomic mass is 9.96. The predicted octanol–water partition coefficient (Wildman–Crippen LogP) is 3.57. The number of benzene rings is 1. The van der Waals surface area contributed by atoms with Crippen LogP contribution in [0, 0.1) is 11.6 Å². The highest BCUT2D eigenvalue weighted by Gasteiger charge is 2.21. The van der Waals surface area contributed by atoms with Gasteiger partial charge < -0.3 is 10.1 Å². The molecule has 1 aliphatic heterocycles. The van der Waals surface area contributed by atoms with Gasteiger partial charge in [-0.1, -0.05) is 13.0 Å². The Labute approximate surface area is 113 Å². The summed E-state index contributed by atoms with van der Waals surface area (Å²) >= 11 is 0. The molecule has 0 saturated carbocycles. The standard InChI is InChI=1S/C15H21F2NO/c1-2-18-15(10-12-5-3-4-8-19-12)11-6-7-13(16)14(17)9-11/h6-7,9,12,15,18H,2-5,8,10H2,1H3. The van der Waals surface area contributed by atoms with Crippen molar-refractivity contribution in [1.29, 1.82) is 0 Å². The monoisotopic (exact) mass is 269 g/mol. The molecule has 0 radical (unpaired) electrons. The van der Waals surface area contributed by atoms with E-state index in [1.807, 2.05) is 6.92 Å². The smallest absolute Gasteiger partial charge is 0.159 e. The number of halogens is 2. The number of hydrogen-bond acceptors (Lipinski definition) is 2. The third kappa shape index (κ3) is 3.98. The van der Waals surface area contributed by atoms with Crippen LogP contribution in [0.4, 0.5) is 8.78 Å². The molecule has 1 heterocycles. The van der Waals surface area contributed by atoms with Gasteiger partial charge in [0.25, 0.3) is 0 Å². The summed E-state index contributed by atoms with van der Waals surface area (Å²) in [6.07, 6.45) is 4.37. The van der Waals surface area contributed by atoms with Crippen molar-refractivity contribution in [3.8, 4) is 0 Å². The lowest BCUT2D eigenvalue weighted by Gasteiger charge is -2.27. The summed E-state index contributed by atoms with van der Waals surface area (Å²) in [5, 5.41) is 3.32. The first-order valence-corrected chi connectivity index (χ1v) is 7.00. The number of nitrogens with one attached hydrogen (secondary N) is 1. The van der Waals surface area contributed by atoms with Gasteiger partial charge in [0.05, 0.1) is 6.10 Å². The lowest BCUT2D eigenvalue weighted by Crippen LogP contribution is -2.28. The molecule has 106 valence electrons. The highest BCUT2D eigenvalue weighted by atomic mass is 19.2. The van der Waals surface area contributed by atoms with Crippen molar-refractivity contribution in [2.45, 2.75) is 44.8 Å². The Morgan fingerprint density at radius 2 is 2.16 bits per heavy atom. The molecule has 1 aliphatic rings. The van der Waals surface area contributed by atoms with E-state index >= 15 is 0 Å². The first kappa shape index (κ1) is 14.4.